The number of anilines is 1. The Bertz CT molecular complexity index is 570. The number of nitrogens with one attached hydrogen (secondary N) is 1. The number of nitro benzene ring substituents is 1. The van der Waals surface area contributed by atoms with Gasteiger partial charge < -0.3 is 10.4 Å². The summed E-state index contributed by atoms with van der Waals surface area (Å²) in [6.45, 7) is 2.60. The fraction of sp³-hybridized carbons (Fsp3) is 0.417. The van der Waals surface area contributed by atoms with E-state index in [0.717, 1.165) is 6.07 Å². The van der Waals surface area contributed by atoms with Crippen molar-refractivity contribution in [2.75, 3.05) is 11.9 Å². The van der Waals surface area contributed by atoms with Gasteiger partial charge in [0.15, 0.2) is 0 Å². The number of carbonyl (C=O) groups is 1. The molecule has 0 unspecified atom stereocenters. The third-order valence-electron chi connectivity index (χ3n) is 2.82. The second kappa shape index (κ2) is 5.58. The van der Waals surface area contributed by atoms with Gasteiger partial charge in [0.25, 0.3) is 5.69 Å². The fourth-order valence-electron chi connectivity index (χ4n) is 1.40. The smallest absolute Gasteiger partial charge is 0.416 e. The number of hydrogen-bond donors (Lipinski definition) is 2. The van der Waals surface area contributed by atoms with Crippen LogP contribution in [0.1, 0.15) is 19.4 Å². The maximum atomic E-state index is 12.5. The summed E-state index contributed by atoms with van der Waals surface area (Å²) in [7, 11) is 0. The van der Waals surface area contributed by atoms with Gasteiger partial charge in [-0.3, -0.25) is 14.9 Å². The summed E-state index contributed by atoms with van der Waals surface area (Å²) in [5, 5.41) is 22.3. The summed E-state index contributed by atoms with van der Waals surface area (Å²) in [4.78, 5) is 20.8. The molecular formula is C12H13F3N2O4. The van der Waals surface area contributed by atoms with Crippen LogP contribution in [0.4, 0.5) is 24.5 Å². The summed E-state index contributed by atoms with van der Waals surface area (Å²) in [6.07, 6.45) is -4.69. The van der Waals surface area contributed by atoms with Gasteiger partial charge in [-0.2, -0.15) is 13.2 Å². The standard InChI is InChI=1S/C12H13F3N2O4/c1-11(2,10(18)19)6-16-8-4-3-7(12(13,14)15)5-9(8)17(20)21/h3-5,16H,6H2,1-2H3,(H,18,19). The normalized spacial score (nSPS) is 12.0. The lowest BCUT2D eigenvalue weighted by Crippen LogP contribution is -2.31. The van der Waals surface area contributed by atoms with Crippen LogP contribution in [0.5, 0.6) is 0 Å². The lowest BCUT2D eigenvalue weighted by Gasteiger charge is -2.20. The van der Waals surface area contributed by atoms with Crippen molar-refractivity contribution >= 4 is 17.3 Å². The number of rotatable bonds is 5. The van der Waals surface area contributed by atoms with Crippen molar-refractivity contribution in [3.63, 3.8) is 0 Å². The van der Waals surface area contributed by atoms with Gasteiger partial charge in [-0.1, -0.05) is 0 Å². The maximum absolute atomic E-state index is 12.5. The van der Waals surface area contributed by atoms with Crippen LogP contribution in [0.25, 0.3) is 0 Å². The zero-order valence-electron chi connectivity index (χ0n) is 11.2. The Morgan fingerprint density at radius 1 is 1.38 bits per heavy atom. The molecule has 0 aliphatic heterocycles. The Hall–Kier alpha value is -2.32. The molecule has 0 spiro atoms. The van der Waals surface area contributed by atoms with Gasteiger partial charge in [-0.25, -0.2) is 0 Å². The van der Waals surface area contributed by atoms with Gasteiger partial charge in [0.1, 0.15) is 5.69 Å². The molecule has 0 saturated heterocycles. The first-order valence-electron chi connectivity index (χ1n) is 5.78. The van der Waals surface area contributed by atoms with E-state index in [9.17, 15) is 28.1 Å². The number of hydrogen-bond acceptors (Lipinski definition) is 4. The van der Waals surface area contributed by atoms with Gasteiger partial charge in [-0.05, 0) is 26.0 Å². The number of aliphatic carboxylic acids is 1. The van der Waals surface area contributed by atoms with Crippen molar-refractivity contribution in [3.05, 3.63) is 33.9 Å². The highest BCUT2D eigenvalue weighted by molar-refractivity contribution is 5.75. The Morgan fingerprint density at radius 2 is 1.95 bits per heavy atom. The number of carboxylic acids is 1. The Balaban J connectivity index is 3.09. The SMILES string of the molecule is CC(C)(CNc1ccc(C(F)(F)F)cc1[N+](=O)[O-])C(=O)O. The summed E-state index contributed by atoms with van der Waals surface area (Å²) >= 11 is 0. The van der Waals surface area contributed by atoms with E-state index in [2.05, 4.69) is 5.32 Å². The van der Waals surface area contributed by atoms with Gasteiger partial charge >= 0.3 is 12.1 Å². The summed E-state index contributed by atoms with van der Waals surface area (Å²) in [5.41, 5.74) is -3.29. The quantitative estimate of drug-likeness (QED) is 0.644. The van der Waals surface area contributed by atoms with E-state index in [-0.39, 0.29) is 12.2 Å². The summed E-state index contributed by atoms with van der Waals surface area (Å²) in [6, 6.07) is 2.03. The topological polar surface area (TPSA) is 92.5 Å². The molecule has 116 valence electrons. The van der Waals surface area contributed by atoms with E-state index >= 15 is 0 Å². The molecule has 21 heavy (non-hydrogen) atoms. The number of halogens is 3. The van der Waals surface area contributed by atoms with Crippen LogP contribution in [-0.2, 0) is 11.0 Å². The maximum Gasteiger partial charge on any atom is 0.416 e. The van der Waals surface area contributed by atoms with Crippen molar-refractivity contribution in [3.8, 4) is 0 Å². The van der Waals surface area contributed by atoms with E-state index in [4.69, 9.17) is 5.11 Å². The Morgan fingerprint density at radius 3 is 2.38 bits per heavy atom. The average molecular weight is 306 g/mol. The third kappa shape index (κ3) is 4.07. The zero-order valence-corrected chi connectivity index (χ0v) is 11.2. The second-order valence-corrected chi connectivity index (χ2v) is 5.03. The summed E-state index contributed by atoms with van der Waals surface area (Å²) < 4.78 is 37.6. The van der Waals surface area contributed by atoms with E-state index in [1.54, 1.807) is 0 Å². The van der Waals surface area contributed by atoms with Gasteiger partial charge in [-0.15, -0.1) is 0 Å². The number of nitrogens with zero attached hydrogens (tertiary/aromatic N) is 1. The predicted molar refractivity (Wildman–Crippen MR) is 68.0 cm³/mol. The van der Waals surface area contributed by atoms with Gasteiger partial charge in [0.2, 0.25) is 0 Å². The van der Waals surface area contributed by atoms with Crippen LogP contribution in [-0.4, -0.2) is 22.5 Å². The van der Waals surface area contributed by atoms with Crippen LogP contribution < -0.4 is 5.32 Å². The molecule has 0 aliphatic rings. The number of nitro groups is 1. The Kier molecular flexibility index (Phi) is 4.45. The molecule has 0 saturated carbocycles. The van der Waals surface area contributed by atoms with Crippen molar-refractivity contribution in [2.45, 2.75) is 20.0 Å². The van der Waals surface area contributed by atoms with Crippen LogP contribution in [0.2, 0.25) is 0 Å². The minimum absolute atomic E-state index is 0.165. The number of carboxylic acid groups (broad SMARTS) is 1. The number of benzene rings is 1. The monoisotopic (exact) mass is 306 g/mol. The Labute approximate surface area is 117 Å². The first kappa shape index (κ1) is 16.7. The second-order valence-electron chi connectivity index (χ2n) is 5.03. The molecule has 1 rings (SSSR count). The van der Waals surface area contributed by atoms with Crippen molar-refractivity contribution in [1.82, 2.24) is 0 Å². The first-order chi connectivity index (χ1) is 9.45. The zero-order chi connectivity index (χ0) is 16.4. The molecule has 0 heterocycles. The highest BCUT2D eigenvalue weighted by atomic mass is 19.4. The third-order valence-corrected chi connectivity index (χ3v) is 2.82. The van der Waals surface area contributed by atoms with Crippen molar-refractivity contribution in [1.29, 1.82) is 0 Å². The molecule has 0 aromatic heterocycles. The molecule has 6 nitrogen and oxygen atoms in total. The van der Waals surface area contributed by atoms with Gasteiger partial charge in [0, 0.05) is 12.6 Å². The van der Waals surface area contributed by atoms with Crippen molar-refractivity contribution < 1.29 is 28.0 Å². The van der Waals surface area contributed by atoms with Crippen molar-refractivity contribution in [2.24, 2.45) is 5.41 Å². The minimum Gasteiger partial charge on any atom is -0.481 e. The largest absolute Gasteiger partial charge is 0.481 e. The van der Waals surface area contributed by atoms with Crippen LogP contribution >= 0.6 is 0 Å². The molecule has 2 N–H and O–H groups in total. The van der Waals surface area contributed by atoms with E-state index < -0.39 is 33.7 Å². The molecule has 1 aromatic carbocycles. The molecular weight excluding hydrogens is 293 g/mol. The summed E-state index contributed by atoms with van der Waals surface area (Å²) in [5.74, 6) is -1.13. The highest BCUT2D eigenvalue weighted by Crippen LogP contribution is 2.35. The molecule has 0 radical (unpaired) electrons. The lowest BCUT2D eigenvalue weighted by molar-refractivity contribution is -0.384. The first-order valence-corrected chi connectivity index (χ1v) is 5.78. The van der Waals surface area contributed by atoms with E-state index in [0.29, 0.717) is 12.1 Å². The molecule has 0 amide bonds. The van der Waals surface area contributed by atoms with E-state index in [1.807, 2.05) is 0 Å². The molecule has 1 aromatic rings. The van der Waals surface area contributed by atoms with Crippen LogP contribution in [0.15, 0.2) is 18.2 Å². The minimum atomic E-state index is -4.69. The molecule has 0 atom stereocenters. The van der Waals surface area contributed by atoms with E-state index in [1.165, 1.54) is 13.8 Å². The molecule has 9 heteroatoms. The molecule has 0 fully saturated rings. The highest BCUT2D eigenvalue weighted by Gasteiger charge is 2.33. The van der Waals surface area contributed by atoms with Gasteiger partial charge in [0.05, 0.1) is 15.9 Å². The molecule has 0 aliphatic carbocycles. The number of alkyl halides is 3. The predicted octanol–water partition coefficient (Wildman–Crippen LogP) is 3.14. The van der Waals surface area contributed by atoms with Crippen LogP contribution in [0, 0.1) is 15.5 Å². The molecule has 0 bridgehead atoms. The lowest BCUT2D eigenvalue weighted by atomic mass is 9.94. The fourth-order valence-corrected chi connectivity index (χ4v) is 1.40. The average Bonchev–Trinajstić information content (AvgIpc) is 2.34. The van der Waals surface area contributed by atoms with Crippen LogP contribution in [0.3, 0.4) is 0 Å².